The fourth-order valence-corrected chi connectivity index (χ4v) is 2.06. The van der Waals surface area contributed by atoms with Crippen LogP contribution in [0.4, 0.5) is 18.9 Å². The van der Waals surface area contributed by atoms with Gasteiger partial charge in [-0.05, 0) is 22.9 Å². The maximum absolute atomic E-state index is 12.3. The molecule has 0 radical (unpaired) electrons. The molecule has 2 N–H and O–H groups in total. The quantitative estimate of drug-likeness (QED) is 0.733. The summed E-state index contributed by atoms with van der Waals surface area (Å²) in [6.07, 6.45) is -5.61. The number of alkyl halides is 3. The topological polar surface area (TPSA) is 64.9 Å². The molecule has 7 heteroatoms. The van der Waals surface area contributed by atoms with E-state index in [2.05, 4.69) is 10.1 Å². The Morgan fingerprint density at radius 2 is 1.76 bits per heavy atom. The molecule has 0 aliphatic heterocycles. The first-order valence-corrected chi connectivity index (χ1v) is 6.10. The van der Waals surface area contributed by atoms with Crippen molar-refractivity contribution in [3.05, 3.63) is 42.2 Å². The molecule has 3 rings (SSSR count). The summed E-state index contributed by atoms with van der Waals surface area (Å²) in [5, 5.41) is 5.15. The normalized spacial score (nSPS) is 12.0. The fourth-order valence-electron chi connectivity index (χ4n) is 2.06. The summed E-state index contributed by atoms with van der Waals surface area (Å²) in [4.78, 5) is 3.76. The Bertz CT molecular complexity index is 796. The zero-order chi connectivity index (χ0) is 15.0. The molecule has 21 heavy (non-hydrogen) atoms. The predicted molar refractivity (Wildman–Crippen MR) is 71.4 cm³/mol. The van der Waals surface area contributed by atoms with Gasteiger partial charge in [0.15, 0.2) is 5.82 Å². The van der Waals surface area contributed by atoms with E-state index in [-0.39, 0.29) is 5.89 Å². The molecule has 2 aromatic carbocycles. The second kappa shape index (κ2) is 4.76. The van der Waals surface area contributed by atoms with Crippen molar-refractivity contribution in [3.63, 3.8) is 0 Å². The van der Waals surface area contributed by atoms with E-state index in [1.165, 1.54) is 0 Å². The number of hydrogen-bond acceptors (Lipinski definition) is 4. The van der Waals surface area contributed by atoms with Crippen LogP contribution in [0.25, 0.3) is 22.2 Å². The van der Waals surface area contributed by atoms with Crippen LogP contribution in [0.15, 0.2) is 40.9 Å². The van der Waals surface area contributed by atoms with Crippen LogP contribution < -0.4 is 5.73 Å². The van der Waals surface area contributed by atoms with E-state index >= 15 is 0 Å². The standard InChI is InChI=1S/C14H10F3N3O/c15-14(16,17)7-12-19-13(21-20-12)10-5-8-3-1-2-4-9(8)6-11(10)18/h1-6H,7,18H2. The molecule has 0 fully saturated rings. The Hall–Kier alpha value is -2.57. The Labute approximate surface area is 117 Å². The Balaban J connectivity index is 2.02. The highest BCUT2D eigenvalue weighted by atomic mass is 19.4. The van der Waals surface area contributed by atoms with Crippen molar-refractivity contribution < 1.29 is 17.7 Å². The van der Waals surface area contributed by atoms with Crippen LogP contribution >= 0.6 is 0 Å². The highest BCUT2D eigenvalue weighted by Crippen LogP contribution is 2.30. The molecule has 4 nitrogen and oxygen atoms in total. The number of hydrogen-bond donors (Lipinski definition) is 1. The van der Waals surface area contributed by atoms with Gasteiger partial charge in [0.2, 0.25) is 0 Å². The summed E-state index contributed by atoms with van der Waals surface area (Å²) in [6, 6.07) is 10.9. The van der Waals surface area contributed by atoms with Crippen LogP contribution in [-0.2, 0) is 6.42 Å². The van der Waals surface area contributed by atoms with Gasteiger partial charge < -0.3 is 10.3 Å². The second-order valence-electron chi connectivity index (χ2n) is 4.59. The van der Waals surface area contributed by atoms with Gasteiger partial charge in [-0.1, -0.05) is 29.4 Å². The van der Waals surface area contributed by atoms with Gasteiger partial charge in [0.1, 0.15) is 6.42 Å². The number of nitrogens with two attached hydrogens (primary N) is 1. The largest absolute Gasteiger partial charge is 0.398 e. The number of fused-ring (bicyclic) bond motifs is 1. The Morgan fingerprint density at radius 1 is 1.10 bits per heavy atom. The first kappa shape index (κ1) is 13.4. The Morgan fingerprint density at radius 3 is 2.43 bits per heavy atom. The number of benzene rings is 2. The van der Waals surface area contributed by atoms with Crippen LogP contribution in [0, 0.1) is 0 Å². The third kappa shape index (κ3) is 2.81. The molecular formula is C14H10F3N3O. The molecule has 0 unspecified atom stereocenters. The fraction of sp³-hybridized carbons (Fsp3) is 0.143. The third-order valence-electron chi connectivity index (χ3n) is 2.97. The maximum Gasteiger partial charge on any atom is 0.396 e. The molecule has 0 saturated carbocycles. The summed E-state index contributed by atoms with van der Waals surface area (Å²) in [6.45, 7) is 0. The number of nitrogens with zero attached hydrogens (tertiary/aromatic N) is 2. The van der Waals surface area contributed by atoms with E-state index in [0.717, 1.165) is 10.8 Å². The van der Waals surface area contributed by atoms with Gasteiger partial charge in [0.25, 0.3) is 5.89 Å². The minimum Gasteiger partial charge on any atom is -0.398 e. The lowest BCUT2D eigenvalue weighted by Gasteiger charge is -2.04. The minimum absolute atomic E-state index is 0.0162. The zero-order valence-electron chi connectivity index (χ0n) is 10.7. The third-order valence-corrected chi connectivity index (χ3v) is 2.97. The second-order valence-corrected chi connectivity index (χ2v) is 4.59. The molecule has 3 aromatic rings. The molecular weight excluding hydrogens is 283 g/mol. The van der Waals surface area contributed by atoms with Gasteiger partial charge in [0.05, 0.1) is 5.56 Å². The van der Waals surface area contributed by atoms with E-state index in [1.54, 1.807) is 12.1 Å². The summed E-state index contributed by atoms with van der Waals surface area (Å²) < 4.78 is 41.8. The van der Waals surface area contributed by atoms with Gasteiger partial charge in [-0.15, -0.1) is 0 Å². The molecule has 0 amide bonds. The number of rotatable bonds is 2. The molecule has 0 aliphatic carbocycles. The van der Waals surface area contributed by atoms with Crippen molar-refractivity contribution in [3.8, 4) is 11.5 Å². The van der Waals surface area contributed by atoms with Gasteiger partial charge in [-0.2, -0.15) is 18.2 Å². The lowest BCUT2D eigenvalue weighted by Crippen LogP contribution is -2.12. The molecule has 0 bridgehead atoms. The SMILES string of the molecule is Nc1cc2ccccc2cc1-c1nc(CC(F)(F)F)no1. The average molecular weight is 293 g/mol. The molecule has 0 aliphatic rings. The Kier molecular flexibility index (Phi) is 3.04. The summed E-state index contributed by atoms with van der Waals surface area (Å²) >= 11 is 0. The van der Waals surface area contributed by atoms with Gasteiger partial charge in [-0.3, -0.25) is 0 Å². The molecule has 0 saturated heterocycles. The van der Waals surface area contributed by atoms with Crippen LogP contribution in [0.1, 0.15) is 5.82 Å². The number of nitrogen functional groups attached to an aromatic ring is 1. The van der Waals surface area contributed by atoms with Crippen molar-refractivity contribution >= 4 is 16.5 Å². The van der Waals surface area contributed by atoms with E-state index in [4.69, 9.17) is 10.3 Å². The van der Waals surface area contributed by atoms with Crippen molar-refractivity contribution in [1.82, 2.24) is 10.1 Å². The average Bonchev–Trinajstić information content (AvgIpc) is 2.84. The lowest BCUT2D eigenvalue weighted by molar-refractivity contribution is -0.128. The highest BCUT2D eigenvalue weighted by molar-refractivity contribution is 5.92. The molecule has 1 heterocycles. The van der Waals surface area contributed by atoms with Crippen molar-refractivity contribution in [1.29, 1.82) is 0 Å². The zero-order valence-corrected chi connectivity index (χ0v) is 10.7. The van der Waals surface area contributed by atoms with Crippen LogP contribution in [0.3, 0.4) is 0 Å². The summed E-state index contributed by atoms with van der Waals surface area (Å²) in [7, 11) is 0. The molecule has 0 atom stereocenters. The molecule has 108 valence electrons. The summed E-state index contributed by atoms with van der Waals surface area (Å²) in [5.41, 5.74) is 6.70. The number of anilines is 1. The van der Waals surface area contributed by atoms with E-state index < -0.39 is 18.4 Å². The maximum atomic E-state index is 12.3. The first-order chi connectivity index (χ1) is 9.92. The van der Waals surface area contributed by atoms with Gasteiger partial charge in [-0.25, -0.2) is 0 Å². The van der Waals surface area contributed by atoms with Crippen LogP contribution in [0.5, 0.6) is 0 Å². The predicted octanol–water partition coefficient (Wildman–Crippen LogP) is 3.58. The first-order valence-electron chi connectivity index (χ1n) is 6.10. The smallest absolute Gasteiger partial charge is 0.396 e. The monoisotopic (exact) mass is 293 g/mol. The molecule has 1 aromatic heterocycles. The van der Waals surface area contributed by atoms with Crippen LogP contribution in [0.2, 0.25) is 0 Å². The van der Waals surface area contributed by atoms with Crippen molar-refractivity contribution in [2.24, 2.45) is 0 Å². The van der Waals surface area contributed by atoms with E-state index in [1.807, 2.05) is 24.3 Å². The van der Waals surface area contributed by atoms with Crippen molar-refractivity contribution in [2.75, 3.05) is 5.73 Å². The van der Waals surface area contributed by atoms with Crippen molar-refractivity contribution in [2.45, 2.75) is 12.6 Å². The minimum atomic E-state index is -4.38. The van der Waals surface area contributed by atoms with E-state index in [9.17, 15) is 13.2 Å². The molecule has 0 spiro atoms. The number of aromatic nitrogens is 2. The van der Waals surface area contributed by atoms with E-state index in [0.29, 0.717) is 11.3 Å². The van der Waals surface area contributed by atoms with Crippen LogP contribution in [-0.4, -0.2) is 16.3 Å². The lowest BCUT2D eigenvalue weighted by atomic mass is 10.1. The van der Waals surface area contributed by atoms with Gasteiger partial charge >= 0.3 is 6.18 Å². The highest BCUT2D eigenvalue weighted by Gasteiger charge is 2.30. The van der Waals surface area contributed by atoms with Gasteiger partial charge in [0, 0.05) is 5.69 Å². The number of halogens is 3. The summed E-state index contributed by atoms with van der Waals surface area (Å²) in [5.74, 6) is -0.428.